The number of likely N-dealkylation sites (tertiary alicyclic amines) is 1. The van der Waals surface area contributed by atoms with E-state index < -0.39 is 0 Å². The molecule has 0 aliphatic carbocycles. The molecule has 1 N–H and O–H groups in total. The Kier molecular flexibility index (Phi) is 4.12. The van der Waals surface area contributed by atoms with Gasteiger partial charge >= 0.3 is 0 Å². The number of hydrogen-bond donors (Lipinski definition) is 1. The van der Waals surface area contributed by atoms with Crippen molar-refractivity contribution in [3.63, 3.8) is 0 Å². The van der Waals surface area contributed by atoms with Gasteiger partial charge in [0.05, 0.1) is 18.8 Å². The number of benzene rings is 2. The summed E-state index contributed by atoms with van der Waals surface area (Å²) in [5.74, 6) is 0.287. The Morgan fingerprint density at radius 3 is 2.33 bits per heavy atom. The van der Waals surface area contributed by atoms with E-state index in [0.717, 1.165) is 23.6 Å². The summed E-state index contributed by atoms with van der Waals surface area (Å²) in [5, 5.41) is 12.1. The van der Waals surface area contributed by atoms with Crippen molar-refractivity contribution in [2.75, 3.05) is 26.3 Å². The molecule has 2 heterocycles. The van der Waals surface area contributed by atoms with Crippen molar-refractivity contribution < 1.29 is 19.4 Å². The van der Waals surface area contributed by atoms with E-state index in [-0.39, 0.29) is 17.9 Å². The van der Waals surface area contributed by atoms with Crippen LogP contribution in [0.4, 0.5) is 0 Å². The van der Waals surface area contributed by atoms with Crippen molar-refractivity contribution in [2.45, 2.75) is 19.1 Å². The van der Waals surface area contributed by atoms with E-state index in [9.17, 15) is 9.90 Å². The molecule has 4 rings (SSSR count). The maximum absolute atomic E-state index is 12.8. The maximum atomic E-state index is 12.8. The van der Waals surface area contributed by atoms with Crippen LogP contribution in [0.2, 0.25) is 0 Å². The summed E-state index contributed by atoms with van der Waals surface area (Å²) < 4.78 is 11.1. The van der Waals surface area contributed by atoms with Crippen molar-refractivity contribution >= 4 is 16.7 Å². The third-order valence-corrected chi connectivity index (χ3v) is 4.95. The lowest BCUT2D eigenvalue weighted by Gasteiger charge is -2.34. The molecule has 2 saturated heterocycles. The number of piperidine rings is 1. The number of phenolic OH excluding ortho intramolecular Hbond substituents is 1. The molecular formula is C19H21NO4. The van der Waals surface area contributed by atoms with Gasteiger partial charge < -0.3 is 19.5 Å². The summed E-state index contributed by atoms with van der Waals surface area (Å²) in [6.45, 7) is 2.65. The highest BCUT2D eigenvalue weighted by Gasteiger charge is 2.32. The number of hydrogen-bond acceptors (Lipinski definition) is 4. The van der Waals surface area contributed by atoms with Gasteiger partial charge in [-0.05, 0) is 35.7 Å². The number of rotatable bonds is 2. The fourth-order valence-electron chi connectivity index (χ4n) is 3.59. The molecule has 2 aliphatic rings. The van der Waals surface area contributed by atoms with E-state index in [1.54, 1.807) is 12.1 Å². The van der Waals surface area contributed by atoms with Gasteiger partial charge in [0, 0.05) is 19.0 Å². The molecule has 2 fully saturated rings. The zero-order chi connectivity index (χ0) is 16.5. The standard InChI is InChI=1S/C19H21NO4/c21-17-12-15-4-2-1-3-14(15)11-16(17)18(22)20-7-5-13(6-8-20)19-23-9-10-24-19/h1-4,11-13,19,21H,5-10H2. The molecule has 126 valence electrons. The van der Waals surface area contributed by atoms with Crippen molar-refractivity contribution in [3.05, 3.63) is 42.0 Å². The minimum Gasteiger partial charge on any atom is -0.507 e. The Balaban J connectivity index is 1.49. The normalized spacial score (nSPS) is 19.9. The quantitative estimate of drug-likeness (QED) is 0.921. The van der Waals surface area contributed by atoms with Crippen LogP contribution in [0.25, 0.3) is 10.8 Å². The fourth-order valence-corrected chi connectivity index (χ4v) is 3.59. The predicted molar refractivity (Wildman–Crippen MR) is 89.9 cm³/mol. The zero-order valence-corrected chi connectivity index (χ0v) is 13.5. The maximum Gasteiger partial charge on any atom is 0.257 e. The van der Waals surface area contributed by atoms with Crippen molar-refractivity contribution in [2.24, 2.45) is 5.92 Å². The van der Waals surface area contributed by atoms with Crippen LogP contribution in [0.3, 0.4) is 0 Å². The van der Waals surface area contributed by atoms with E-state index in [0.29, 0.717) is 37.8 Å². The minimum atomic E-state index is -0.115. The number of carbonyl (C=O) groups excluding carboxylic acids is 1. The van der Waals surface area contributed by atoms with Gasteiger partial charge in [-0.3, -0.25) is 4.79 Å². The first-order valence-electron chi connectivity index (χ1n) is 8.46. The van der Waals surface area contributed by atoms with Crippen LogP contribution in [-0.4, -0.2) is 48.5 Å². The van der Waals surface area contributed by atoms with Gasteiger partial charge in [-0.25, -0.2) is 0 Å². The first-order chi connectivity index (χ1) is 11.7. The lowest BCUT2D eigenvalue weighted by Crippen LogP contribution is -2.41. The monoisotopic (exact) mass is 327 g/mol. The van der Waals surface area contributed by atoms with Gasteiger partial charge in [0.2, 0.25) is 0 Å². The van der Waals surface area contributed by atoms with E-state index in [1.165, 1.54) is 0 Å². The van der Waals surface area contributed by atoms with E-state index in [4.69, 9.17) is 9.47 Å². The predicted octanol–water partition coefficient (Wildman–Crippen LogP) is 2.77. The van der Waals surface area contributed by atoms with Crippen LogP contribution in [0.5, 0.6) is 5.75 Å². The molecule has 0 aromatic heterocycles. The van der Waals surface area contributed by atoms with Gasteiger partial charge in [-0.1, -0.05) is 24.3 Å². The molecule has 24 heavy (non-hydrogen) atoms. The first kappa shape index (κ1) is 15.4. The second-order valence-electron chi connectivity index (χ2n) is 6.46. The zero-order valence-electron chi connectivity index (χ0n) is 13.5. The SMILES string of the molecule is O=C(c1cc2ccccc2cc1O)N1CCC(C2OCCO2)CC1. The summed E-state index contributed by atoms with van der Waals surface area (Å²) in [4.78, 5) is 14.6. The minimum absolute atomic E-state index is 0.0447. The second-order valence-corrected chi connectivity index (χ2v) is 6.46. The first-order valence-corrected chi connectivity index (χ1v) is 8.46. The Bertz CT molecular complexity index is 746. The van der Waals surface area contributed by atoms with Gasteiger partial charge in [0.15, 0.2) is 6.29 Å². The third-order valence-electron chi connectivity index (χ3n) is 4.95. The number of amides is 1. The molecule has 5 heteroatoms. The average Bonchev–Trinajstić information content (AvgIpc) is 3.15. The average molecular weight is 327 g/mol. The smallest absolute Gasteiger partial charge is 0.257 e. The third kappa shape index (κ3) is 2.85. The molecule has 0 saturated carbocycles. The summed E-state index contributed by atoms with van der Waals surface area (Å²) in [5.41, 5.74) is 0.375. The lowest BCUT2D eigenvalue weighted by atomic mass is 9.95. The number of phenols is 1. The molecule has 5 nitrogen and oxygen atoms in total. The lowest BCUT2D eigenvalue weighted by molar-refractivity contribution is -0.0956. The van der Waals surface area contributed by atoms with Crippen LogP contribution in [-0.2, 0) is 9.47 Å². The van der Waals surface area contributed by atoms with Gasteiger partial charge in [0.25, 0.3) is 5.91 Å². The Morgan fingerprint density at radius 2 is 1.67 bits per heavy atom. The molecule has 0 unspecified atom stereocenters. The summed E-state index contributed by atoms with van der Waals surface area (Å²) in [6.07, 6.45) is 1.62. The molecule has 2 aromatic carbocycles. The Morgan fingerprint density at radius 1 is 1.04 bits per heavy atom. The number of ether oxygens (including phenoxy) is 2. The van der Waals surface area contributed by atoms with Gasteiger partial charge in [0.1, 0.15) is 5.75 Å². The molecule has 2 aromatic rings. The number of fused-ring (bicyclic) bond motifs is 1. The largest absolute Gasteiger partial charge is 0.507 e. The van der Waals surface area contributed by atoms with E-state index in [2.05, 4.69) is 0 Å². The number of carbonyl (C=O) groups is 1. The van der Waals surface area contributed by atoms with Gasteiger partial charge in [-0.2, -0.15) is 0 Å². The van der Waals surface area contributed by atoms with Crippen LogP contribution < -0.4 is 0 Å². The van der Waals surface area contributed by atoms with Crippen LogP contribution in [0, 0.1) is 5.92 Å². The van der Waals surface area contributed by atoms with Gasteiger partial charge in [-0.15, -0.1) is 0 Å². The summed E-state index contributed by atoms with van der Waals surface area (Å²) >= 11 is 0. The molecule has 0 bridgehead atoms. The van der Waals surface area contributed by atoms with E-state index >= 15 is 0 Å². The van der Waals surface area contributed by atoms with E-state index in [1.807, 2.05) is 29.2 Å². The molecule has 1 amide bonds. The fraction of sp³-hybridized carbons (Fsp3) is 0.421. The van der Waals surface area contributed by atoms with Crippen molar-refractivity contribution in [3.8, 4) is 5.75 Å². The highest BCUT2D eigenvalue weighted by atomic mass is 16.7. The van der Waals surface area contributed by atoms with Crippen molar-refractivity contribution in [1.29, 1.82) is 0 Å². The highest BCUT2D eigenvalue weighted by Crippen LogP contribution is 2.29. The molecule has 0 spiro atoms. The molecule has 2 aliphatic heterocycles. The second kappa shape index (κ2) is 6.42. The van der Waals surface area contributed by atoms with Crippen LogP contribution >= 0.6 is 0 Å². The van der Waals surface area contributed by atoms with Crippen LogP contribution in [0.15, 0.2) is 36.4 Å². The number of aromatic hydroxyl groups is 1. The Hall–Kier alpha value is -2.11. The van der Waals surface area contributed by atoms with Crippen LogP contribution in [0.1, 0.15) is 23.2 Å². The summed E-state index contributed by atoms with van der Waals surface area (Å²) in [6, 6.07) is 11.2. The molecule has 0 radical (unpaired) electrons. The van der Waals surface area contributed by atoms with Crippen molar-refractivity contribution in [1.82, 2.24) is 4.90 Å². The Labute approximate surface area is 140 Å². The number of nitrogens with zero attached hydrogens (tertiary/aromatic N) is 1. The highest BCUT2D eigenvalue weighted by molar-refractivity contribution is 6.01. The summed E-state index contributed by atoms with van der Waals surface area (Å²) in [7, 11) is 0. The molecular weight excluding hydrogens is 306 g/mol. The topological polar surface area (TPSA) is 59.0 Å². The molecule has 0 atom stereocenters.